The normalized spacial score (nSPS) is 30.1. The molecule has 0 aromatic rings. The Kier molecular flexibility index (Phi) is 4.07. The van der Waals surface area contributed by atoms with Crippen LogP contribution in [0.5, 0.6) is 0 Å². The van der Waals surface area contributed by atoms with E-state index < -0.39 is 0 Å². The molecular formula is C15H26O. The SMILES string of the molecule is CCC=C1CCC(C2(O)CCCCC2)CC1. The van der Waals surface area contributed by atoms with Gasteiger partial charge in [0.2, 0.25) is 0 Å². The lowest BCUT2D eigenvalue weighted by Crippen LogP contribution is -2.41. The summed E-state index contributed by atoms with van der Waals surface area (Å²) in [5.41, 5.74) is 1.34. The lowest BCUT2D eigenvalue weighted by Gasteiger charge is -2.41. The molecule has 0 aliphatic heterocycles. The predicted molar refractivity (Wildman–Crippen MR) is 68.4 cm³/mol. The van der Waals surface area contributed by atoms with Gasteiger partial charge in [-0.2, -0.15) is 0 Å². The molecule has 0 spiro atoms. The molecule has 0 aromatic heterocycles. The quantitative estimate of drug-likeness (QED) is 0.694. The van der Waals surface area contributed by atoms with Crippen LogP contribution in [0.15, 0.2) is 11.6 Å². The van der Waals surface area contributed by atoms with Gasteiger partial charge in [0.1, 0.15) is 0 Å². The van der Waals surface area contributed by atoms with Crippen molar-refractivity contribution in [1.29, 1.82) is 0 Å². The van der Waals surface area contributed by atoms with E-state index in [-0.39, 0.29) is 5.60 Å². The molecule has 0 unspecified atom stereocenters. The van der Waals surface area contributed by atoms with Gasteiger partial charge in [-0.15, -0.1) is 0 Å². The highest BCUT2D eigenvalue weighted by atomic mass is 16.3. The van der Waals surface area contributed by atoms with Crippen LogP contribution in [0.25, 0.3) is 0 Å². The van der Waals surface area contributed by atoms with Crippen molar-refractivity contribution in [3.8, 4) is 0 Å². The Labute approximate surface area is 99.9 Å². The van der Waals surface area contributed by atoms with E-state index in [1.807, 2.05) is 0 Å². The molecule has 0 radical (unpaired) electrons. The fourth-order valence-corrected chi connectivity index (χ4v) is 3.59. The van der Waals surface area contributed by atoms with Crippen LogP contribution >= 0.6 is 0 Å². The minimum absolute atomic E-state index is 0.296. The molecule has 0 aromatic carbocycles. The summed E-state index contributed by atoms with van der Waals surface area (Å²) in [5.74, 6) is 0.585. The smallest absolute Gasteiger partial charge is 0.0676 e. The fourth-order valence-electron chi connectivity index (χ4n) is 3.59. The molecule has 0 atom stereocenters. The molecule has 1 heteroatoms. The first kappa shape index (κ1) is 12.2. The molecule has 0 saturated heterocycles. The Morgan fingerprint density at radius 1 is 1.19 bits per heavy atom. The van der Waals surface area contributed by atoms with E-state index in [9.17, 15) is 5.11 Å². The Morgan fingerprint density at radius 3 is 2.38 bits per heavy atom. The van der Waals surface area contributed by atoms with Gasteiger partial charge in [-0.25, -0.2) is 0 Å². The molecule has 2 rings (SSSR count). The van der Waals surface area contributed by atoms with Gasteiger partial charge in [-0.1, -0.05) is 37.8 Å². The van der Waals surface area contributed by atoms with Crippen LogP contribution in [0.2, 0.25) is 0 Å². The van der Waals surface area contributed by atoms with Crippen molar-refractivity contribution in [3.63, 3.8) is 0 Å². The summed E-state index contributed by atoms with van der Waals surface area (Å²) in [6.45, 7) is 2.22. The van der Waals surface area contributed by atoms with Crippen LogP contribution in [-0.4, -0.2) is 10.7 Å². The molecule has 0 heterocycles. The van der Waals surface area contributed by atoms with Crippen molar-refractivity contribution < 1.29 is 5.11 Å². The van der Waals surface area contributed by atoms with Crippen molar-refractivity contribution in [3.05, 3.63) is 11.6 Å². The van der Waals surface area contributed by atoms with Gasteiger partial charge in [0.25, 0.3) is 0 Å². The van der Waals surface area contributed by atoms with Crippen molar-refractivity contribution in [2.45, 2.75) is 76.7 Å². The largest absolute Gasteiger partial charge is 0.390 e. The highest BCUT2D eigenvalue weighted by Crippen LogP contribution is 2.42. The predicted octanol–water partition coefficient (Wildman–Crippen LogP) is 4.21. The highest BCUT2D eigenvalue weighted by Gasteiger charge is 2.38. The third kappa shape index (κ3) is 2.68. The van der Waals surface area contributed by atoms with Crippen molar-refractivity contribution in [1.82, 2.24) is 0 Å². The standard InChI is InChI=1S/C15H26O/c1-2-6-13-7-9-14(10-8-13)15(16)11-4-3-5-12-15/h6,14,16H,2-5,7-12H2,1H3. The first-order valence-corrected chi connectivity index (χ1v) is 7.15. The van der Waals surface area contributed by atoms with Gasteiger partial charge in [0.15, 0.2) is 0 Å². The summed E-state index contributed by atoms with van der Waals surface area (Å²) in [4.78, 5) is 0. The second-order valence-electron chi connectivity index (χ2n) is 5.71. The van der Waals surface area contributed by atoms with E-state index in [0.29, 0.717) is 5.92 Å². The second kappa shape index (κ2) is 5.35. The molecule has 1 N–H and O–H groups in total. The summed E-state index contributed by atoms with van der Waals surface area (Å²) in [7, 11) is 0. The molecule has 16 heavy (non-hydrogen) atoms. The summed E-state index contributed by atoms with van der Waals surface area (Å²) in [6.07, 6.45) is 14.4. The zero-order chi connectivity index (χ0) is 11.4. The zero-order valence-corrected chi connectivity index (χ0v) is 10.7. The second-order valence-corrected chi connectivity index (χ2v) is 5.71. The summed E-state index contributed by atoms with van der Waals surface area (Å²) in [5, 5.41) is 10.7. The molecule has 2 saturated carbocycles. The van der Waals surface area contributed by atoms with E-state index >= 15 is 0 Å². The van der Waals surface area contributed by atoms with E-state index in [1.165, 1.54) is 51.4 Å². The maximum atomic E-state index is 10.7. The van der Waals surface area contributed by atoms with Gasteiger partial charge >= 0.3 is 0 Å². The summed E-state index contributed by atoms with van der Waals surface area (Å²) in [6, 6.07) is 0. The van der Waals surface area contributed by atoms with Crippen LogP contribution in [0.4, 0.5) is 0 Å². The van der Waals surface area contributed by atoms with Crippen LogP contribution in [0, 0.1) is 5.92 Å². The van der Waals surface area contributed by atoms with E-state index in [1.54, 1.807) is 5.57 Å². The van der Waals surface area contributed by atoms with Crippen molar-refractivity contribution in [2.24, 2.45) is 5.92 Å². The van der Waals surface area contributed by atoms with Gasteiger partial charge in [-0.05, 0) is 50.9 Å². The monoisotopic (exact) mass is 222 g/mol. The first-order valence-electron chi connectivity index (χ1n) is 7.15. The van der Waals surface area contributed by atoms with E-state index in [4.69, 9.17) is 0 Å². The number of hydrogen-bond donors (Lipinski definition) is 1. The van der Waals surface area contributed by atoms with Gasteiger partial charge < -0.3 is 5.11 Å². The topological polar surface area (TPSA) is 20.2 Å². The molecule has 0 bridgehead atoms. The average molecular weight is 222 g/mol. The Balaban J connectivity index is 1.90. The van der Waals surface area contributed by atoms with Crippen LogP contribution in [0.3, 0.4) is 0 Å². The summed E-state index contributed by atoms with van der Waals surface area (Å²) < 4.78 is 0. The number of aliphatic hydroxyl groups is 1. The Morgan fingerprint density at radius 2 is 1.81 bits per heavy atom. The lowest BCUT2D eigenvalue weighted by atomic mass is 9.69. The average Bonchev–Trinajstić information content (AvgIpc) is 2.31. The van der Waals surface area contributed by atoms with Crippen LogP contribution in [-0.2, 0) is 0 Å². The molecule has 1 nitrogen and oxygen atoms in total. The number of hydrogen-bond acceptors (Lipinski definition) is 1. The molecule has 0 amide bonds. The van der Waals surface area contributed by atoms with Crippen LogP contribution in [0.1, 0.15) is 71.1 Å². The molecule has 92 valence electrons. The zero-order valence-electron chi connectivity index (χ0n) is 10.7. The third-order valence-corrected chi connectivity index (χ3v) is 4.60. The molecular weight excluding hydrogens is 196 g/mol. The van der Waals surface area contributed by atoms with Crippen molar-refractivity contribution in [2.75, 3.05) is 0 Å². The van der Waals surface area contributed by atoms with Gasteiger partial charge in [0.05, 0.1) is 5.60 Å². The number of allylic oxidation sites excluding steroid dienone is 2. The van der Waals surface area contributed by atoms with E-state index in [0.717, 1.165) is 12.8 Å². The Bertz CT molecular complexity index is 238. The third-order valence-electron chi connectivity index (χ3n) is 4.60. The molecule has 2 aliphatic rings. The maximum absolute atomic E-state index is 10.7. The first-order chi connectivity index (χ1) is 7.74. The number of rotatable bonds is 2. The minimum atomic E-state index is -0.296. The molecule has 2 aliphatic carbocycles. The maximum Gasteiger partial charge on any atom is 0.0676 e. The summed E-state index contributed by atoms with van der Waals surface area (Å²) >= 11 is 0. The lowest BCUT2D eigenvalue weighted by molar-refractivity contribution is -0.0579. The minimum Gasteiger partial charge on any atom is -0.390 e. The highest BCUT2D eigenvalue weighted by molar-refractivity contribution is 5.07. The fraction of sp³-hybridized carbons (Fsp3) is 0.867. The van der Waals surface area contributed by atoms with E-state index in [2.05, 4.69) is 13.0 Å². The van der Waals surface area contributed by atoms with Crippen molar-refractivity contribution >= 4 is 0 Å². The van der Waals surface area contributed by atoms with Gasteiger partial charge in [-0.3, -0.25) is 0 Å². The van der Waals surface area contributed by atoms with Gasteiger partial charge in [0, 0.05) is 0 Å². The Hall–Kier alpha value is -0.300. The van der Waals surface area contributed by atoms with Crippen LogP contribution < -0.4 is 0 Å². The molecule has 2 fully saturated rings.